The Morgan fingerprint density at radius 1 is 1.31 bits per heavy atom. The summed E-state index contributed by atoms with van der Waals surface area (Å²) in [5.41, 5.74) is 2.46. The van der Waals surface area contributed by atoms with Gasteiger partial charge in [-0.3, -0.25) is 4.68 Å². The van der Waals surface area contributed by atoms with Gasteiger partial charge in [0.1, 0.15) is 0 Å². The van der Waals surface area contributed by atoms with Gasteiger partial charge in [-0.1, -0.05) is 13.3 Å². The van der Waals surface area contributed by atoms with Gasteiger partial charge in [-0.05, 0) is 46.1 Å². The second kappa shape index (κ2) is 5.48. The Morgan fingerprint density at radius 2 is 2.00 bits per heavy atom. The molecule has 0 aliphatic heterocycles. The predicted molar refractivity (Wildman–Crippen MR) is 66.6 cm³/mol. The quantitative estimate of drug-likeness (QED) is 0.834. The number of aryl methyl sites for hydroxylation is 2. The number of rotatable bonds is 5. The Bertz CT molecular complexity index is 323. The fraction of sp³-hybridized carbons (Fsp3) is 0.769. The highest BCUT2D eigenvalue weighted by Gasteiger charge is 2.18. The minimum atomic E-state index is 0.0436. The van der Waals surface area contributed by atoms with Crippen molar-refractivity contribution in [2.45, 2.75) is 58.9 Å². The zero-order chi connectivity index (χ0) is 12.2. The van der Waals surface area contributed by atoms with Gasteiger partial charge >= 0.3 is 0 Å². The Morgan fingerprint density at radius 3 is 2.50 bits per heavy atom. The van der Waals surface area contributed by atoms with Crippen LogP contribution >= 0.6 is 0 Å². The fourth-order valence-corrected chi connectivity index (χ4v) is 1.87. The van der Waals surface area contributed by atoms with Crippen LogP contribution in [0.25, 0.3) is 0 Å². The Labute approximate surface area is 98.5 Å². The average molecular weight is 224 g/mol. The molecule has 0 fully saturated rings. The molecule has 0 saturated carbocycles. The topological polar surface area (TPSA) is 38.1 Å². The van der Waals surface area contributed by atoms with E-state index in [0.29, 0.717) is 0 Å². The minimum Gasteiger partial charge on any atom is -0.396 e. The first-order valence-corrected chi connectivity index (χ1v) is 6.18. The molecule has 0 unspecified atom stereocenters. The molecular formula is C13H24N2O. The maximum absolute atomic E-state index is 8.83. The van der Waals surface area contributed by atoms with E-state index in [-0.39, 0.29) is 12.1 Å². The van der Waals surface area contributed by atoms with Gasteiger partial charge in [0.05, 0.1) is 11.2 Å². The molecule has 0 amide bonds. The van der Waals surface area contributed by atoms with Crippen molar-refractivity contribution in [2.75, 3.05) is 6.61 Å². The normalized spacial score (nSPS) is 12.1. The summed E-state index contributed by atoms with van der Waals surface area (Å²) in [6.07, 6.45) is 3.88. The van der Waals surface area contributed by atoms with Crippen LogP contribution in [0.15, 0.2) is 6.07 Å². The Hall–Kier alpha value is -0.830. The summed E-state index contributed by atoms with van der Waals surface area (Å²) in [6.45, 7) is 8.96. The van der Waals surface area contributed by atoms with E-state index in [2.05, 4.69) is 43.5 Å². The summed E-state index contributed by atoms with van der Waals surface area (Å²) in [5.74, 6) is 0. The maximum atomic E-state index is 8.83. The van der Waals surface area contributed by atoms with E-state index >= 15 is 0 Å². The van der Waals surface area contributed by atoms with Gasteiger partial charge in [-0.2, -0.15) is 5.10 Å². The van der Waals surface area contributed by atoms with Crippen molar-refractivity contribution in [1.82, 2.24) is 9.78 Å². The van der Waals surface area contributed by atoms with Crippen molar-refractivity contribution in [3.63, 3.8) is 0 Å². The highest BCUT2D eigenvalue weighted by molar-refractivity contribution is 5.12. The molecule has 3 nitrogen and oxygen atoms in total. The van der Waals surface area contributed by atoms with E-state index < -0.39 is 0 Å². The van der Waals surface area contributed by atoms with Gasteiger partial charge in [0, 0.05) is 12.3 Å². The summed E-state index contributed by atoms with van der Waals surface area (Å²) in [6, 6.07) is 2.18. The number of aromatic nitrogens is 2. The van der Waals surface area contributed by atoms with Crippen LogP contribution in [-0.4, -0.2) is 21.5 Å². The molecule has 3 heteroatoms. The van der Waals surface area contributed by atoms with Crippen molar-refractivity contribution in [3.8, 4) is 0 Å². The van der Waals surface area contributed by atoms with E-state index in [1.54, 1.807) is 0 Å². The van der Waals surface area contributed by atoms with E-state index in [4.69, 9.17) is 5.11 Å². The first kappa shape index (κ1) is 13.2. The Kier molecular flexibility index (Phi) is 4.54. The van der Waals surface area contributed by atoms with Gasteiger partial charge < -0.3 is 5.11 Å². The number of nitrogens with zero attached hydrogens (tertiary/aromatic N) is 2. The number of aliphatic hydroxyl groups is 1. The van der Waals surface area contributed by atoms with Crippen molar-refractivity contribution >= 4 is 0 Å². The molecule has 0 radical (unpaired) electrons. The molecular weight excluding hydrogens is 200 g/mol. The summed E-state index contributed by atoms with van der Waals surface area (Å²) in [7, 11) is 0. The standard InChI is InChI=1S/C13H24N2O/c1-5-7-12-10-11(8-6-9-16)14-15(12)13(2,3)4/h10,16H,5-9H2,1-4H3. The molecule has 1 heterocycles. The van der Waals surface area contributed by atoms with Crippen LogP contribution in [0, 0.1) is 0 Å². The fourth-order valence-electron chi connectivity index (χ4n) is 1.87. The lowest BCUT2D eigenvalue weighted by Crippen LogP contribution is -2.25. The van der Waals surface area contributed by atoms with E-state index in [1.807, 2.05) is 0 Å². The third kappa shape index (κ3) is 3.34. The number of hydrogen-bond donors (Lipinski definition) is 1. The smallest absolute Gasteiger partial charge is 0.0628 e. The van der Waals surface area contributed by atoms with Gasteiger partial charge in [0.25, 0.3) is 0 Å². The van der Waals surface area contributed by atoms with Crippen molar-refractivity contribution in [2.24, 2.45) is 0 Å². The summed E-state index contributed by atoms with van der Waals surface area (Å²) >= 11 is 0. The largest absolute Gasteiger partial charge is 0.396 e. The second-order valence-electron chi connectivity index (χ2n) is 5.29. The molecule has 1 aromatic heterocycles. The molecule has 1 N–H and O–H groups in total. The monoisotopic (exact) mass is 224 g/mol. The first-order chi connectivity index (χ1) is 7.49. The molecule has 16 heavy (non-hydrogen) atoms. The molecule has 92 valence electrons. The van der Waals surface area contributed by atoms with Crippen LogP contribution in [0.4, 0.5) is 0 Å². The van der Waals surface area contributed by atoms with Crippen LogP contribution in [0.5, 0.6) is 0 Å². The molecule has 0 bridgehead atoms. The molecule has 0 atom stereocenters. The van der Waals surface area contributed by atoms with Crippen molar-refractivity contribution in [3.05, 3.63) is 17.5 Å². The maximum Gasteiger partial charge on any atom is 0.0628 e. The van der Waals surface area contributed by atoms with Gasteiger partial charge in [-0.25, -0.2) is 0 Å². The van der Waals surface area contributed by atoms with E-state index in [1.165, 1.54) is 5.69 Å². The molecule has 0 spiro atoms. The van der Waals surface area contributed by atoms with Crippen LogP contribution in [0.3, 0.4) is 0 Å². The average Bonchev–Trinajstić information content (AvgIpc) is 2.58. The molecule has 0 aliphatic carbocycles. The summed E-state index contributed by atoms with van der Waals surface area (Å²) < 4.78 is 2.13. The van der Waals surface area contributed by atoms with Gasteiger partial charge in [0.15, 0.2) is 0 Å². The molecule has 0 aliphatic rings. The highest BCUT2D eigenvalue weighted by atomic mass is 16.2. The highest BCUT2D eigenvalue weighted by Crippen LogP contribution is 2.19. The van der Waals surface area contributed by atoms with Crippen molar-refractivity contribution < 1.29 is 5.11 Å². The van der Waals surface area contributed by atoms with Crippen LogP contribution in [0.2, 0.25) is 0 Å². The minimum absolute atomic E-state index is 0.0436. The SMILES string of the molecule is CCCc1cc(CCCO)nn1C(C)(C)C. The van der Waals surface area contributed by atoms with E-state index in [9.17, 15) is 0 Å². The van der Waals surface area contributed by atoms with Crippen LogP contribution < -0.4 is 0 Å². The molecule has 1 rings (SSSR count). The second-order valence-corrected chi connectivity index (χ2v) is 5.29. The molecule has 0 saturated heterocycles. The van der Waals surface area contributed by atoms with Gasteiger partial charge in [0.2, 0.25) is 0 Å². The summed E-state index contributed by atoms with van der Waals surface area (Å²) in [5, 5.41) is 13.5. The van der Waals surface area contributed by atoms with Crippen LogP contribution in [0.1, 0.15) is 51.9 Å². The van der Waals surface area contributed by atoms with Crippen LogP contribution in [-0.2, 0) is 18.4 Å². The first-order valence-electron chi connectivity index (χ1n) is 6.18. The lowest BCUT2D eigenvalue weighted by atomic mass is 10.1. The zero-order valence-electron chi connectivity index (χ0n) is 11.0. The predicted octanol–water partition coefficient (Wildman–Crippen LogP) is 2.52. The number of aliphatic hydroxyl groups excluding tert-OH is 1. The lowest BCUT2D eigenvalue weighted by Gasteiger charge is -2.22. The third-order valence-electron chi connectivity index (χ3n) is 2.57. The lowest BCUT2D eigenvalue weighted by molar-refractivity contribution is 0.287. The third-order valence-corrected chi connectivity index (χ3v) is 2.57. The van der Waals surface area contributed by atoms with E-state index in [0.717, 1.165) is 31.4 Å². The summed E-state index contributed by atoms with van der Waals surface area (Å²) in [4.78, 5) is 0. The Balaban J connectivity index is 2.91. The zero-order valence-corrected chi connectivity index (χ0v) is 11.0. The van der Waals surface area contributed by atoms with Crippen molar-refractivity contribution in [1.29, 1.82) is 0 Å². The molecule has 0 aromatic carbocycles. The molecule has 1 aromatic rings. The van der Waals surface area contributed by atoms with Gasteiger partial charge in [-0.15, -0.1) is 0 Å². The number of hydrogen-bond acceptors (Lipinski definition) is 2.